The van der Waals surface area contributed by atoms with Crippen LogP contribution >= 0.6 is 0 Å². The van der Waals surface area contributed by atoms with E-state index in [0.717, 1.165) is 0 Å². The lowest BCUT2D eigenvalue weighted by Gasteiger charge is -2.15. The molecule has 0 radical (unpaired) electrons. The Morgan fingerprint density at radius 3 is 1.62 bits per heavy atom. The predicted molar refractivity (Wildman–Crippen MR) is 45.5 cm³/mol. The molecule has 2 unspecified atom stereocenters. The fourth-order valence-electron chi connectivity index (χ4n) is 1.64. The van der Waals surface area contributed by atoms with E-state index >= 15 is 0 Å². The topological polar surface area (TPSA) is 110 Å². The van der Waals surface area contributed by atoms with Crippen LogP contribution in [0.4, 0.5) is 0 Å². The first-order valence-corrected chi connectivity index (χ1v) is 3.94. The van der Waals surface area contributed by atoms with Crippen LogP contribution in [0.15, 0.2) is 0 Å². The minimum absolute atomic E-state index is 0.335. The summed E-state index contributed by atoms with van der Waals surface area (Å²) in [4.78, 5) is 22.5. The first-order valence-electron chi connectivity index (χ1n) is 3.94. The average Bonchev–Trinajstić information content (AvgIpc) is 2.69. The maximum absolute atomic E-state index is 11.3. The lowest BCUT2D eigenvalue weighted by Crippen LogP contribution is -2.43. The number of hydrogen-bond donors (Lipinski definition) is 4. The summed E-state index contributed by atoms with van der Waals surface area (Å²) in [5.41, 5.74) is 2.62. The van der Waals surface area contributed by atoms with Gasteiger partial charge in [-0.25, -0.2) is 11.7 Å². The number of rotatable bonds is 2. The number of carbonyl (C=O) groups is 2. The van der Waals surface area contributed by atoms with Gasteiger partial charge >= 0.3 is 0 Å². The van der Waals surface area contributed by atoms with Gasteiger partial charge in [-0.3, -0.25) is 20.4 Å². The van der Waals surface area contributed by atoms with Crippen molar-refractivity contribution in [3.8, 4) is 0 Å². The van der Waals surface area contributed by atoms with Crippen molar-refractivity contribution in [1.82, 2.24) is 10.9 Å². The molecule has 0 bridgehead atoms. The highest BCUT2D eigenvalue weighted by molar-refractivity contribution is 5.98. The first kappa shape index (κ1) is 9.94. The van der Waals surface area contributed by atoms with E-state index in [4.69, 9.17) is 11.7 Å². The lowest BCUT2D eigenvalue weighted by atomic mass is 9.95. The first-order chi connectivity index (χ1) is 5.92. The quantitative estimate of drug-likeness (QED) is 0.236. The average molecular weight is 186 g/mol. The second kappa shape index (κ2) is 2.68. The summed E-state index contributed by atoms with van der Waals surface area (Å²) >= 11 is 0. The van der Waals surface area contributed by atoms with Gasteiger partial charge in [-0.05, 0) is 20.3 Å². The van der Waals surface area contributed by atoms with E-state index in [9.17, 15) is 9.59 Å². The summed E-state index contributed by atoms with van der Waals surface area (Å²) < 4.78 is 0. The molecular formula is C7H14N4O2. The fraction of sp³-hybridized carbons (Fsp3) is 0.714. The molecule has 6 N–H and O–H groups in total. The van der Waals surface area contributed by atoms with E-state index in [1.807, 2.05) is 10.9 Å². The van der Waals surface area contributed by atoms with E-state index in [2.05, 4.69) is 0 Å². The van der Waals surface area contributed by atoms with Crippen LogP contribution in [0.1, 0.15) is 20.3 Å². The highest BCUT2D eigenvalue weighted by atomic mass is 16.2. The van der Waals surface area contributed by atoms with Gasteiger partial charge in [-0.15, -0.1) is 0 Å². The maximum atomic E-state index is 11.3. The Morgan fingerprint density at radius 1 is 1.08 bits per heavy atom. The molecule has 0 aliphatic heterocycles. The molecule has 0 aromatic carbocycles. The standard InChI is InChI=1S/C7H14N4O2/c1-6(4(12)10-8)3-7(6,2)5(13)11-9/h3,8-9H2,1-2H3,(H,10,12)(H,11,13). The molecule has 74 valence electrons. The second-order valence-corrected chi connectivity index (χ2v) is 3.79. The number of amides is 2. The van der Waals surface area contributed by atoms with Crippen molar-refractivity contribution < 1.29 is 9.59 Å². The zero-order valence-corrected chi connectivity index (χ0v) is 7.68. The van der Waals surface area contributed by atoms with Gasteiger partial charge < -0.3 is 0 Å². The molecule has 13 heavy (non-hydrogen) atoms. The van der Waals surface area contributed by atoms with Crippen molar-refractivity contribution in [2.45, 2.75) is 20.3 Å². The molecule has 1 aliphatic rings. The van der Waals surface area contributed by atoms with Gasteiger partial charge in [0.15, 0.2) is 0 Å². The van der Waals surface area contributed by atoms with Crippen LogP contribution < -0.4 is 22.5 Å². The summed E-state index contributed by atoms with van der Waals surface area (Å²) in [6.45, 7) is 3.37. The van der Waals surface area contributed by atoms with Crippen molar-refractivity contribution in [1.29, 1.82) is 0 Å². The number of hydrogen-bond acceptors (Lipinski definition) is 4. The predicted octanol–water partition coefficient (Wildman–Crippen LogP) is -1.62. The Morgan fingerprint density at radius 2 is 1.38 bits per heavy atom. The van der Waals surface area contributed by atoms with Crippen LogP contribution in [0.3, 0.4) is 0 Å². The van der Waals surface area contributed by atoms with Crippen LogP contribution in [-0.2, 0) is 9.59 Å². The van der Waals surface area contributed by atoms with Gasteiger partial charge in [0.2, 0.25) is 11.8 Å². The third-order valence-electron chi connectivity index (χ3n) is 3.06. The van der Waals surface area contributed by atoms with E-state index in [-0.39, 0.29) is 11.8 Å². The largest absolute Gasteiger partial charge is 0.294 e. The molecule has 1 aliphatic carbocycles. The SMILES string of the molecule is CC1(C(=O)NN)CC1(C)C(=O)NN. The van der Waals surface area contributed by atoms with Crippen LogP contribution in [0.2, 0.25) is 0 Å². The third kappa shape index (κ3) is 1.10. The van der Waals surface area contributed by atoms with Crippen LogP contribution in [0, 0.1) is 10.8 Å². The van der Waals surface area contributed by atoms with Gasteiger partial charge in [0, 0.05) is 0 Å². The highest BCUT2D eigenvalue weighted by Gasteiger charge is 2.69. The number of hydrazine groups is 2. The molecule has 0 saturated heterocycles. The summed E-state index contributed by atoms with van der Waals surface area (Å²) in [6.07, 6.45) is 0.464. The van der Waals surface area contributed by atoms with Crippen molar-refractivity contribution >= 4 is 11.8 Å². The summed E-state index contributed by atoms with van der Waals surface area (Å²) in [5.74, 6) is 9.33. The molecule has 6 nitrogen and oxygen atoms in total. The number of nitrogens with one attached hydrogen (secondary N) is 2. The highest BCUT2D eigenvalue weighted by Crippen LogP contribution is 2.63. The van der Waals surface area contributed by atoms with E-state index in [1.165, 1.54) is 0 Å². The van der Waals surface area contributed by atoms with Gasteiger partial charge in [0.25, 0.3) is 0 Å². The van der Waals surface area contributed by atoms with Crippen molar-refractivity contribution in [2.75, 3.05) is 0 Å². The molecular weight excluding hydrogens is 172 g/mol. The molecule has 6 heteroatoms. The normalized spacial score (nSPS) is 36.6. The Bertz CT molecular complexity index is 241. The van der Waals surface area contributed by atoms with Crippen LogP contribution in [-0.4, -0.2) is 11.8 Å². The minimum Gasteiger partial charge on any atom is -0.294 e. The van der Waals surface area contributed by atoms with Gasteiger partial charge in [-0.2, -0.15) is 0 Å². The van der Waals surface area contributed by atoms with E-state index < -0.39 is 10.8 Å². The Labute approximate surface area is 76.0 Å². The van der Waals surface area contributed by atoms with Crippen LogP contribution in [0.5, 0.6) is 0 Å². The summed E-state index contributed by atoms with van der Waals surface area (Å²) in [6, 6.07) is 0. The second-order valence-electron chi connectivity index (χ2n) is 3.79. The molecule has 2 amide bonds. The molecule has 1 rings (SSSR count). The van der Waals surface area contributed by atoms with Crippen molar-refractivity contribution in [3.05, 3.63) is 0 Å². The monoisotopic (exact) mass is 186 g/mol. The van der Waals surface area contributed by atoms with Crippen molar-refractivity contribution in [3.63, 3.8) is 0 Å². The Hall–Kier alpha value is -1.14. The number of nitrogens with two attached hydrogens (primary N) is 2. The van der Waals surface area contributed by atoms with E-state index in [0.29, 0.717) is 6.42 Å². The van der Waals surface area contributed by atoms with Crippen LogP contribution in [0.25, 0.3) is 0 Å². The Balaban J connectivity index is 2.81. The third-order valence-corrected chi connectivity index (χ3v) is 3.06. The summed E-state index contributed by atoms with van der Waals surface area (Å²) in [7, 11) is 0. The van der Waals surface area contributed by atoms with Crippen molar-refractivity contribution in [2.24, 2.45) is 22.5 Å². The molecule has 0 aromatic rings. The maximum Gasteiger partial charge on any atom is 0.240 e. The van der Waals surface area contributed by atoms with Gasteiger partial charge in [0.05, 0.1) is 10.8 Å². The minimum atomic E-state index is -0.731. The summed E-state index contributed by atoms with van der Waals surface area (Å²) in [5, 5.41) is 0. The molecule has 1 fully saturated rings. The molecule has 2 atom stereocenters. The zero-order valence-electron chi connectivity index (χ0n) is 7.68. The smallest absolute Gasteiger partial charge is 0.240 e. The molecule has 1 saturated carbocycles. The fourth-order valence-corrected chi connectivity index (χ4v) is 1.64. The van der Waals surface area contributed by atoms with Gasteiger partial charge in [0.1, 0.15) is 0 Å². The van der Waals surface area contributed by atoms with Gasteiger partial charge in [-0.1, -0.05) is 0 Å². The zero-order chi connectivity index (χ0) is 10.3. The molecule has 0 aromatic heterocycles. The number of carbonyl (C=O) groups excluding carboxylic acids is 2. The molecule has 0 heterocycles. The molecule has 0 spiro atoms. The van der Waals surface area contributed by atoms with E-state index in [1.54, 1.807) is 13.8 Å². The Kier molecular flexibility index (Phi) is 2.05. The lowest BCUT2D eigenvalue weighted by molar-refractivity contribution is -0.133.